The second-order valence-electron chi connectivity index (χ2n) is 7.53. The van der Waals surface area contributed by atoms with Crippen LogP contribution in [0.15, 0.2) is 61.2 Å². The number of benzene rings is 2. The maximum Gasteiger partial charge on any atom is 0.250 e. The Morgan fingerprint density at radius 3 is 2.76 bits per heavy atom. The number of hydrogen-bond acceptors (Lipinski definition) is 4. The van der Waals surface area contributed by atoms with Crippen LogP contribution in [0.4, 0.5) is 11.4 Å². The van der Waals surface area contributed by atoms with Gasteiger partial charge in [0.15, 0.2) is 0 Å². The summed E-state index contributed by atoms with van der Waals surface area (Å²) in [5.74, 6) is -0.392. The largest absolute Gasteiger partial charge is 0.322 e. The summed E-state index contributed by atoms with van der Waals surface area (Å²) in [6, 6.07) is 16.8. The average Bonchev–Trinajstić information content (AvgIpc) is 2.69. The van der Waals surface area contributed by atoms with Crippen LogP contribution < -0.4 is 10.2 Å². The van der Waals surface area contributed by atoms with Crippen LogP contribution in [0, 0.1) is 11.3 Å². The normalized spacial score (nSPS) is 14.7. The first-order chi connectivity index (χ1) is 13.9. The molecule has 0 saturated carbocycles. The van der Waals surface area contributed by atoms with Crippen LogP contribution >= 0.6 is 0 Å². The Morgan fingerprint density at radius 2 is 2.03 bits per heavy atom. The molecule has 0 aromatic heterocycles. The Balaban J connectivity index is 1.86. The summed E-state index contributed by atoms with van der Waals surface area (Å²) in [6.07, 6.45) is 1.74. The lowest BCUT2D eigenvalue weighted by Gasteiger charge is -2.42. The molecule has 0 radical (unpaired) electrons. The van der Waals surface area contributed by atoms with E-state index in [-0.39, 0.29) is 18.4 Å². The highest BCUT2D eigenvalue weighted by Gasteiger charge is 2.43. The monoisotopic (exact) mass is 388 g/mol. The Labute approximate surface area is 171 Å². The van der Waals surface area contributed by atoms with E-state index in [0.717, 1.165) is 5.56 Å². The molecule has 1 aliphatic rings. The minimum absolute atomic E-state index is 0.119. The maximum absolute atomic E-state index is 13.3. The third kappa shape index (κ3) is 4.20. The van der Waals surface area contributed by atoms with Gasteiger partial charge in [-0.15, -0.1) is 6.58 Å². The van der Waals surface area contributed by atoms with E-state index in [1.165, 1.54) is 0 Å². The second kappa shape index (κ2) is 8.29. The van der Waals surface area contributed by atoms with Crippen LogP contribution in [0.2, 0.25) is 0 Å². The number of amides is 2. The smallest absolute Gasteiger partial charge is 0.250 e. The fourth-order valence-corrected chi connectivity index (χ4v) is 3.53. The molecular weight excluding hydrogens is 364 g/mol. The lowest BCUT2D eigenvalue weighted by atomic mass is 9.96. The summed E-state index contributed by atoms with van der Waals surface area (Å²) in [5, 5.41) is 12.0. The van der Waals surface area contributed by atoms with Crippen molar-refractivity contribution in [3.05, 3.63) is 72.3 Å². The molecule has 0 aliphatic carbocycles. The third-order valence-electron chi connectivity index (χ3n) is 4.97. The highest BCUT2D eigenvalue weighted by atomic mass is 16.2. The molecule has 148 valence electrons. The highest BCUT2D eigenvalue weighted by Crippen LogP contribution is 2.36. The number of carbonyl (C=O) groups is 2. The van der Waals surface area contributed by atoms with Gasteiger partial charge in [0.1, 0.15) is 5.54 Å². The lowest BCUT2D eigenvalue weighted by molar-refractivity contribution is -0.127. The van der Waals surface area contributed by atoms with Crippen molar-refractivity contribution in [3.63, 3.8) is 0 Å². The SMILES string of the molecule is C=CCN(CC(=O)N1c2ccccc2NC(=O)C1(C)C)Cc1cccc(C#N)c1. The number of para-hydroxylation sites is 2. The van der Waals surface area contributed by atoms with Gasteiger partial charge in [-0.2, -0.15) is 5.26 Å². The van der Waals surface area contributed by atoms with Crippen molar-refractivity contribution < 1.29 is 9.59 Å². The number of nitriles is 1. The molecule has 3 rings (SSSR count). The molecule has 0 atom stereocenters. The first kappa shape index (κ1) is 20.3. The summed E-state index contributed by atoms with van der Waals surface area (Å²) < 4.78 is 0. The number of anilines is 2. The number of carbonyl (C=O) groups excluding carboxylic acids is 2. The predicted octanol–water partition coefficient (Wildman–Crippen LogP) is 3.31. The van der Waals surface area contributed by atoms with Crippen molar-refractivity contribution in [2.75, 3.05) is 23.3 Å². The maximum atomic E-state index is 13.3. The van der Waals surface area contributed by atoms with E-state index in [4.69, 9.17) is 5.26 Å². The zero-order valence-corrected chi connectivity index (χ0v) is 16.7. The van der Waals surface area contributed by atoms with Crippen molar-refractivity contribution in [2.45, 2.75) is 25.9 Å². The van der Waals surface area contributed by atoms with Gasteiger partial charge in [0.2, 0.25) is 11.8 Å². The molecule has 6 nitrogen and oxygen atoms in total. The zero-order valence-electron chi connectivity index (χ0n) is 16.7. The van der Waals surface area contributed by atoms with Crippen LogP contribution in [-0.4, -0.2) is 35.3 Å². The van der Waals surface area contributed by atoms with Gasteiger partial charge in [0.25, 0.3) is 0 Å². The van der Waals surface area contributed by atoms with E-state index in [9.17, 15) is 9.59 Å². The van der Waals surface area contributed by atoms with Gasteiger partial charge < -0.3 is 5.32 Å². The van der Waals surface area contributed by atoms with Crippen LogP contribution in [0.5, 0.6) is 0 Å². The Morgan fingerprint density at radius 1 is 1.28 bits per heavy atom. The van der Waals surface area contributed by atoms with E-state index < -0.39 is 5.54 Å². The zero-order chi connectivity index (χ0) is 21.0. The summed E-state index contributed by atoms with van der Waals surface area (Å²) in [6.45, 7) is 8.39. The molecule has 2 aromatic carbocycles. The fraction of sp³-hybridized carbons (Fsp3) is 0.261. The van der Waals surface area contributed by atoms with Gasteiger partial charge in [-0.05, 0) is 43.7 Å². The summed E-state index contributed by atoms with van der Waals surface area (Å²) in [4.78, 5) is 29.5. The van der Waals surface area contributed by atoms with Crippen molar-refractivity contribution >= 4 is 23.2 Å². The van der Waals surface area contributed by atoms with Gasteiger partial charge in [0, 0.05) is 13.1 Å². The van der Waals surface area contributed by atoms with Crippen LogP contribution in [0.3, 0.4) is 0 Å². The van der Waals surface area contributed by atoms with Crippen LogP contribution in [0.25, 0.3) is 0 Å². The molecule has 0 unspecified atom stereocenters. The summed E-state index contributed by atoms with van der Waals surface area (Å²) >= 11 is 0. The molecule has 0 bridgehead atoms. The van der Waals surface area contributed by atoms with E-state index in [1.807, 2.05) is 41.3 Å². The number of nitrogens with one attached hydrogen (secondary N) is 1. The number of rotatable bonds is 6. The number of fused-ring (bicyclic) bond motifs is 1. The number of hydrogen-bond donors (Lipinski definition) is 1. The first-order valence-electron chi connectivity index (χ1n) is 9.42. The molecule has 1 heterocycles. The van der Waals surface area contributed by atoms with Crippen molar-refractivity contribution in [1.29, 1.82) is 5.26 Å². The van der Waals surface area contributed by atoms with Crippen molar-refractivity contribution in [2.24, 2.45) is 0 Å². The third-order valence-corrected chi connectivity index (χ3v) is 4.97. The Kier molecular flexibility index (Phi) is 5.81. The van der Waals surface area contributed by atoms with E-state index in [1.54, 1.807) is 37.0 Å². The first-order valence-corrected chi connectivity index (χ1v) is 9.42. The van der Waals surface area contributed by atoms with E-state index >= 15 is 0 Å². The molecular formula is C23H24N4O2. The summed E-state index contributed by atoms with van der Waals surface area (Å²) in [7, 11) is 0. The topological polar surface area (TPSA) is 76.4 Å². The quantitative estimate of drug-likeness (QED) is 0.771. The Bertz CT molecular complexity index is 990. The van der Waals surface area contributed by atoms with Gasteiger partial charge in [-0.25, -0.2) is 0 Å². The summed E-state index contributed by atoms with van der Waals surface area (Å²) in [5.41, 5.74) is 1.82. The van der Waals surface area contributed by atoms with E-state index in [2.05, 4.69) is 18.0 Å². The molecule has 1 N–H and O–H groups in total. The fourth-order valence-electron chi connectivity index (χ4n) is 3.53. The Hall–Kier alpha value is -3.43. The minimum atomic E-state index is -1.01. The standard InChI is InChI=1S/C23H24N4O2/c1-4-12-26(15-18-9-7-8-17(13-18)14-24)16-21(28)27-20-11-6-5-10-19(20)25-22(29)23(27,2)3/h4-11,13H,1,12,15-16H2,2-3H3,(H,25,29). The van der Waals surface area contributed by atoms with Crippen molar-refractivity contribution in [3.8, 4) is 6.07 Å². The molecule has 2 aromatic rings. The van der Waals surface area contributed by atoms with Crippen LogP contribution in [0.1, 0.15) is 25.0 Å². The van der Waals surface area contributed by atoms with E-state index in [0.29, 0.717) is 30.0 Å². The van der Waals surface area contributed by atoms with Gasteiger partial charge in [-0.1, -0.05) is 30.3 Å². The molecule has 0 spiro atoms. The highest BCUT2D eigenvalue weighted by molar-refractivity contribution is 6.14. The minimum Gasteiger partial charge on any atom is -0.322 e. The molecule has 2 amide bonds. The molecule has 1 aliphatic heterocycles. The van der Waals surface area contributed by atoms with Crippen LogP contribution in [-0.2, 0) is 16.1 Å². The predicted molar refractivity (Wildman–Crippen MR) is 113 cm³/mol. The molecule has 29 heavy (non-hydrogen) atoms. The number of nitrogens with zero attached hydrogens (tertiary/aromatic N) is 3. The van der Waals surface area contributed by atoms with Gasteiger partial charge >= 0.3 is 0 Å². The van der Waals surface area contributed by atoms with Gasteiger partial charge in [-0.3, -0.25) is 19.4 Å². The average molecular weight is 388 g/mol. The molecule has 0 saturated heterocycles. The molecule has 0 fully saturated rings. The lowest BCUT2D eigenvalue weighted by Crippen LogP contribution is -2.60. The second-order valence-corrected chi connectivity index (χ2v) is 7.53. The van der Waals surface area contributed by atoms with Crippen molar-refractivity contribution in [1.82, 2.24) is 4.90 Å². The van der Waals surface area contributed by atoms with Gasteiger partial charge in [0.05, 0.1) is 29.6 Å². The molecule has 6 heteroatoms.